The summed E-state index contributed by atoms with van der Waals surface area (Å²) < 4.78 is 28.3. The van der Waals surface area contributed by atoms with Gasteiger partial charge in [0.1, 0.15) is 11.6 Å². The van der Waals surface area contributed by atoms with Crippen LogP contribution in [-0.4, -0.2) is 26.4 Å². The van der Waals surface area contributed by atoms with Gasteiger partial charge >= 0.3 is 0 Å². The first-order chi connectivity index (χ1) is 12.5. The van der Waals surface area contributed by atoms with Crippen LogP contribution in [0.25, 0.3) is 11.4 Å². The molecule has 0 aliphatic rings. The van der Waals surface area contributed by atoms with Crippen molar-refractivity contribution in [3.05, 3.63) is 65.7 Å². The summed E-state index contributed by atoms with van der Waals surface area (Å²) in [6.07, 6.45) is 0. The molecule has 8 heteroatoms. The van der Waals surface area contributed by atoms with Crippen molar-refractivity contribution in [3.8, 4) is 11.4 Å². The zero-order valence-corrected chi connectivity index (χ0v) is 14.8. The summed E-state index contributed by atoms with van der Waals surface area (Å²) in [5.41, 5.74) is 1.17. The van der Waals surface area contributed by atoms with E-state index in [0.29, 0.717) is 16.5 Å². The van der Waals surface area contributed by atoms with Crippen LogP contribution in [0.3, 0.4) is 0 Å². The lowest BCUT2D eigenvalue weighted by molar-refractivity contribution is -0.118. The number of benzene rings is 2. The molecular formula is C18H16F2N4OS. The monoisotopic (exact) mass is 374 g/mol. The highest BCUT2D eigenvalue weighted by Crippen LogP contribution is 2.22. The molecule has 0 aliphatic heterocycles. The highest BCUT2D eigenvalue weighted by atomic mass is 32.2. The summed E-state index contributed by atoms with van der Waals surface area (Å²) in [6.45, 7) is 0.131. The lowest BCUT2D eigenvalue weighted by atomic mass is 10.2. The average molecular weight is 374 g/mol. The Morgan fingerprint density at radius 3 is 2.58 bits per heavy atom. The van der Waals surface area contributed by atoms with Crippen LogP contribution in [0.5, 0.6) is 0 Å². The van der Waals surface area contributed by atoms with E-state index in [4.69, 9.17) is 0 Å². The number of hydrogen-bond donors (Lipinski definition) is 1. The van der Waals surface area contributed by atoms with Crippen LogP contribution in [-0.2, 0) is 18.4 Å². The lowest BCUT2D eigenvalue weighted by Crippen LogP contribution is -2.25. The molecular weight excluding hydrogens is 358 g/mol. The molecule has 1 aromatic heterocycles. The number of aromatic nitrogens is 3. The maximum absolute atomic E-state index is 13.5. The molecule has 0 aliphatic carbocycles. The third-order valence-electron chi connectivity index (χ3n) is 3.70. The van der Waals surface area contributed by atoms with Gasteiger partial charge in [0.05, 0.1) is 5.75 Å². The minimum absolute atomic E-state index is 0.129. The van der Waals surface area contributed by atoms with Crippen LogP contribution in [0.2, 0.25) is 0 Å². The molecule has 134 valence electrons. The molecule has 26 heavy (non-hydrogen) atoms. The Hall–Kier alpha value is -2.74. The fourth-order valence-electron chi connectivity index (χ4n) is 2.31. The van der Waals surface area contributed by atoms with E-state index in [0.717, 1.165) is 5.56 Å². The standard InChI is InChI=1S/C18H16F2N4OS/c1-24-17(12-6-8-14(19)9-7-12)22-23-18(24)26-11-16(25)21-10-13-4-2-3-5-15(13)20/h2-9H,10-11H2,1H3,(H,21,25). The Labute approximate surface area is 153 Å². The number of halogens is 2. The van der Waals surface area contributed by atoms with Crippen molar-refractivity contribution in [1.82, 2.24) is 20.1 Å². The molecule has 0 atom stereocenters. The predicted octanol–water partition coefficient (Wildman–Crippen LogP) is 3.17. The number of amides is 1. The van der Waals surface area contributed by atoms with Crippen LogP contribution in [0.4, 0.5) is 8.78 Å². The molecule has 0 saturated heterocycles. The molecule has 3 aromatic rings. The highest BCUT2D eigenvalue weighted by molar-refractivity contribution is 7.99. The Kier molecular flexibility index (Phi) is 5.62. The molecule has 5 nitrogen and oxygen atoms in total. The summed E-state index contributed by atoms with van der Waals surface area (Å²) in [5.74, 6) is -0.192. The summed E-state index contributed by atoms with van der Waals surface area (Å²) >= 11 is 1.22. The number of nitrogens with zero attached hydrogens (tertiary/aromatic N) is 3. The van der Waals surface area contributed by atoms with Crippen LogP contribution in [0, 0.1) is 11.6 Å². The zero-order valence-electron chi connectivity index (χ0n) is 13.9. The maximum Gasteiger partial charge on any atom is 0.230 e. The molecule has 1 N–H and O–H groups in total. The molecule has 0 radical (unpaired) electrons. The van der Waals surface area contributed by atoms with Crippen molar-refractivity contribution in [2.45, 2.75) is 11.7 Å². The van der Waals surface area contributed by atoms with E-state index in [1.165, 1.54) is 30.0 Å². The molecule has 0 fully saturated rings. The summed E-state index contributed by atoms with van der Waals surface area (Å²) in [4.78, 5) is 12.0. The van der Waals surface area contributed by atoms with E-state index in [1.54, 1.807) is 41.9 Å². The second-order valence-corrected chi connectivity index (χ2v) is 6.47. The third-order valence-corrected chi connectivity index (χ3v) is 4.72. The lowest BCUT2D eigenvalue weighted by Gasteiger charge is -2.06. The van der Waals surface area contributed by atoms with Crippen molar-refractivity contribution < 1.29 is 13.6 Å². The van der Waals surface area contributed by atoms with Crippen molar-refractivity contribution in [2.24, 2.45) is 7.05 Å². The van der Waals surface area contributed by atoms with E-state index >= 15 is 0 Å². The first-order valence-corrected chi connectivity index (χ1v) is 8.81. The van der Waals surface area contributed by atoms with Crippen LogP contribution >= 0.6 is 11.8 Å². The summed E-state index contributed by atoms with van der Waals surface area (Å²) in [5, 5.41) is 11.4. The fraction of sp³-hybridized carbons (Fsp3) is 0.167. The first kappa shape index (κ1) is 18.1. The largest absolute Gasteiger partial charge is 0.351 e. The van der Waals surface area contributed by atoms with Gasteiger partial charge in [0.15, 0.2) is 11.0 Å². The number of hydrogen-bond acceptors (Lipinski definition) is 4. The van der Waals surface area contributed by atoms with Gasteiger partial charge in [-0.1, -0.05) is 30.0 Å². The van der Waals surface area contributed by atoms with Gasteiger partial charge in [-0.25, -0.2) is 8.78 Å². The maximum atomic E-state index is 13.5. The van der Waals surface area contributed by atoms with E-state index in [9.17, 15) is 13.6 Å². The van der Waals surface area contributed by atoms with Gasteiger partial charge in [-0.2, -0.15) is 0 Å². The number of rotatable bonds is 6. The Morgan fingerprint density at radius 1 is 1.12 bits per heavy atom. The number of nitrogens with one attached hydrogen (secondary N) is 1. The minimum atomic E-state index is -0.349. The molecule has 0 unspecified atom stereocenters. The first-order valence-electron chi connectivity index (χ1n) is 7.83. The Morgan fingerprint density at radius 2 is 1.85 bits per heavy atom. The van der Waals surface area contributed by atoms with E-state index < -0.39 is 0 Å². The quantitative estimate of drug-likeness (QED) is 0.674. The predicted molar refractivity (Wildman–Crippen MR) is 95.4 cm³/mol. The molecule has 0 saturated carbocycles. The van der Waals surface area contributed by atoms with Gasteiger partial charge in [-0.15, -0.1) is 10.2 Å². The van der Waals surface area contributed by atoms with E-state index in [-0.39, 0.29) is 29.8 Å². The van der Waals surface area contributed by atoms with Crippen LogP contribution < -0.4 is 5.32 Å². The number of carbonyl (C=O) groups excluding carboxylic acids is 1. The van der Waals surface area contributed by atoms with Gasteiger partial charge in [0.25, 0.3) is 0 Å². The molecule has 1 amide bonds. The van der Waals surface area contributed by atoms with Crippen LogP contribution in [0.1, 0.15) is 5.56 Å². The van der Waals surface area contributed by atoms with E-state index in [1.807, 2.05) is 0 Å². The van der Waals surface area contributed by atoms with Crippen molar-refractivity contribution >= 4 is 17.7 Å². The normalized spacial score (nSPS) is 10.7. The third kappa shape index (κ3) is 4.26. The number of carbonyl (C=O) groups is 1. The second-order valence-electron chi connectivity index (χ2n) is 5.53. The minimum Gasteiger partial charge on any atom is -0.351 e. The van der Waals surface area contributed by atoms with Gasteiger partial charge in [-0.3, -0.25) is 4.79 Å². The molecule has 2 aromatic carbocycles. The van der Waals surface area contributed by atoms with Crippen molar-refractivity contribution in [2.75, 3.05) is 5.75 Å². The van der Waals surface area contributed by atoms with Crippen LogP contribution in [0.15, 0.2) is 53.7 Å². The SMILES string of the molecule is Cn1c(SCC(=O)NCc2ccccc2F)nnc1-c1ccc(F)cc1. The van der Waals surface area contributed by atoms with Gasteiger partial charge < -0.3 is 9.88 Å². The van der Waals surface area contributed by atoms with Gasteiger partial charge in [0, 0.05) is 24.7 Å². The molecule has 0 bridgehead atoms. The molecule has 3 rings (SSSR count). The topological polar surface area (TPSA) is 59.8 Å². The highest BCUT2D eigenvalue weighted by Gasteiger charge is 2.13. The second kappa shape index (κ2) is 8.09. The molecule has 0 spiro atoms. The van der Waals surface area contributed by atoms with E-state index in [2.05, 4.69) is 15.5 Å². The van der Waals surface area contributed by atoms with Crippen molar-refractivity contribution in [3.63, 3.8) is 0 Å². The van der Waals surface area contributed by atoms with Crippen molar-refractivity contribution in [1.29, 1.82) is 0 Å². The summed E-state index contributed by atoms with van der Waals surface area (Å²) in [7, 11) is 1.78. The average Bonchev–Trinajstić information content (AvgIpc) is 3.00. The van der Waals surface area contributed by atoms with Gasteiger partial charge in [0.2, 0.25) is 5.91 Å². The fourth-order valence-corrected chi connectivity index (χ4v) is 3.05. The zero-order chi connectivity index (χ0) is 18.5. The smallest absolute Gasteiger partial charge is 0.230 e. The Balaban J connectivity index is 1.57. The Bertz CT molecular complexity index is 912. The number of thioether (sulfide) groups is 1. The molecule has 1 heterocycles. The van der Waals surface area contributed by atoms with Gasteiger partial charge in [-0.05, 0) is 30.3 Å². The summed E-state index contributed by atoms with van der Waals surface area (Å²) in [6, 6.07) is 12.2.